The molecule has 2 unspecified atom stereocenters. The molecule has 148 valence electrons. The molecule has 2 heteroatoms. The van der Waals surface area contributed by atoms with Crippen molar-refractivity contribution in [3.8, 4) is 0 Å². The van der Waals surface area contributed by atoms with Gasteiger partial charge in [-0.2, -0.15) is 0 Å². The van der Waals surface area contributed by atoms with Crippen LogP contribution in [0.2, 0.25) is 0 Å². The molecule has 1 aliphatic carbocycles. The zero-order valence-corrected chi connectivity index (χ0v) is 18.1. The number of ether oxygens (including phenoxy) is 1. The third-order valence-corrected chi connectivity index (χ3v) is 6.41. The van der Waals surface area contributed by atoms with E-state index < -0.39 is 6.29 Å². The van der Waals surface area contributed by atoms with Crippen molar-refractivity contribution in [2.75, 3.05) is 0 Å². The van der Waals surface area contributed by atoms with Crippen molar-refractivity contribution in [3.05, 3.63) is 35.4 Å². The molecule has 0 radical (unpaired) electrons. The summed E-state index contributed by atoms with van der Waals surface area (Å²) in [4.78, 5) is 0. The van der Waals surface area contributed by atoms with Crippen LogP contribution >= 0.6 is 0 Å². The molecule has 1 N–H and O–H groups in total. The zero-order valence-electron chi connectivity index (χ0n) is 18.1. The molecular formula is C24H40O2. The van der Waals surface area contributed by atoms with Gasteiger partial charge in [0, 0.05) is 5.56 Å². The Morgan fingerprint density at radius 2 is 1.65 bits per heavy atom. The van der Waals surface area contributed by atoms with Crippen LogP contribution in [0.25, 0.3) is 0 Å². The Morgan fingerprint density at radius 3 is 2.19 bits per heavy atom. The molecule has 0 bridgehead atoms. The van der Waals surface area contributed by atoms with Gasteiger partial charge in [0.15, 0.2) is 6.29 Å². The monoisotopic (exact) mass is 360 g/mol. The van der Waals surface area contributed by atoms with E-state index in [1.54, 1.807) is 0 Å². The molecule has 0 amide bonds. The summed E-state index contributed by atoms with van der Waals surface area (Å²) in [6.45, 7) is 16.1. The summed E-state index contributed by atoms with van der Waals surface area (Å²) in [6.07, 6.45) is 5.95. The maximum Gasteiger partial charge on any atom is 0.181 e. The first kappa shape index (κ1) is 21.4. The molecule has 0 aliphatic heterocycles. The van der Waals surface area contributed by atoms with Crippen LogP contribution in [0.1, 0.15) is 110 Å². The van der Waals surface area contributed by atoms with Crippen molar-refractivity contribution < 1.29 is 9.84 Å². The number of benzene rings is 1. The van der Waals surface area contributed by atoms with Gasteiger partial charge >= 0.3 is 0 Å². The Kier molecular flexibility index (Phi) is 6.62. The smallest absolute Gasteiger partial charge is 0.181 e. The van der Waals surface area contributed by atoms with Crippen LogP contribution in [0.5, 0.6) is 0 Å². The molecule has 1 fully saturated rings. The van der Waals surface area contributed by atoms with Crippen molar-refractivity contribution in [2.45, 2.75) is 105 Å². The van der Waals surface area contributed by atoms with Gasteiger partial charge in [-0.15, -0.1) is 0 Å². The summed E-state index contributed by atoms with van der Waals surface area (Å²) in [6, 6.07) is 8.46. The van der Waals surface area contributed by atoms with E-state index in [4.69, 9.17) is 4.74 Å². The Morgan fingerprint density at radius 1 is 1.08 bits per heavy atom. The minimum atomic E-state index is -0.835. The molecular weight excluding hydrogens is 320 g/mol. The first-order valence-electron chi connectivity index (χ1n) is 10.4. The zero-order chi connectivity index (χ0) is 19.6. The lowest BCUT2D eigenvalue weighted by molar-refractivity contribution is -0.180. The second-order valence-corrected chi connectivity index (χ2v) is 10.4. The lowest BCUT2D eigenvalue weighted by Gasteiger charge is -2.37. The van der Waals surface area contributed by atoms with Gasteiger partial charge in [0.05, 0.1) is 5.60 Å². The molecule has 0 saturated heterocycles. The first-order valence-corrected chi connectivity index (χ1v) is 10.4. The topological polar surface area (TPSA) is 29.5 Å². The number of aliphatic hydroxyl groups excluding tert-OH is 1. The van der Waals surface area contributed by atoms with Crippen molar-refractivity contribution in [1.29, 1.82) is 0 Å². The predicted molar refractivity (Wildman–Crippen MR) is 110 cm³/mol. The maximum atomic E-state index is 10.7. The van der Waals surface area contributed by atoms with E-state index in [2.05, 4.69) is 66.7 Å². The van der Waals surface area contributed by atoms with Gasteiger partial charge in [0.25, 0.3) is 0 Å². The van der Waals surface area contributed by atoms with Gasteiger partial charge in [-0.05, 0) is 48.5 Å². The van der Waals surface area contributed by atoms with Crippen LogP contribution in [-0.4, -0.2) is 10.7 Å². The number of hydrogen-bond donors (Lipinski definition) is 1. The van der Waals surface area contributed by atoms with Gasteiger partial charge in [-0.3, -0.25) is 0 Å². The molecule has 1 aromatic carbocycles. The van der Waals surface area contributed by atoms with Crippen molar-refractivity contribution in [3.63, 3.8) is 0 Å². The highest BCUT2D eigenvalue weighted by Gasteiger charge is 2.34. The predicted octanol–water partition coefficient (Wildman–Crippen LogP) is 6.98. The molecule has 0 aromatic heterocycles. The van der Waals surface area contributed by atoms with Crippen LogP contribution in [-0.2, 0) is 4.74 Å². The van der Waals surface area contributed by atoms with Crippen LogP contribution < -0.4 is 0 Å². The van der Waals surface area contributed by atoms with Gasteiger partial charge in [-0.25, -0.2) is 0 Å². The SMILES string of the molecule is CCC(C)(C)CC(c1cccc(C(O)OC2(C)CCCC2)c1)C(C)(C)C. The van der Waals surface area contributed by atoms with Gasteiger partial charge in [-0.1, -0.05) is 85.1 Å². The first-order chi connectivity index (χ1) is 12.0. The molecule has 2 atom stereocenters. The average Bonchev–Trinajstić information content (AvgIpc) is 2.98. The Bertz CT molecular complexity index is 576. The average molecular weight is 361 g/mol. The molecule has 1 aliphatic rings. The van der Waals surface area contributed by atoms with Gasteiger partial charge < -0.3 is 9.84 Å². The highest BCUT2D eigenvalue weighted by Crippen LogP contribution is 2.45. The molecule has 0 spiro atoms. The van der Waals surface area contributed by atoms with Crippen LogP contribution in [0.4, 0.5) is 0 Å². The van der Waals surface area contributed by atoms with Gasteiger partial charge in [0.1, 0.15) is 0 Å². The van der Waals surface area contributed by atoms with Crippen LogP contribution in [0.15, 0.2) is 24.3 Å². The van der Waals surface area contributed by atoms with E-state index in [0.717, 1.165) is 24.8 Å². The minimum Gasteiger partial charge on any atom is -0.364 e. The van der Waals surface area contributed by atoms with Crippen molar-refractivity contribution >= 4 is 0 Å². The van der Waals surface area contributed by atoms with Crippen LogP contribution in [0, 0.1) is 10.8 Å². The molecule has 0 heterocycles. The third-order valence-electron chi connectivity index (χ3n) is 6.41. The molecule has 26 heavy (non-hydrogen) atoms. The lowest BCUT2D eigenvalue weighted by atomic mass is 9.68. The van der Waals surface area contributed by atoms with E-state index in [9.17, 15) is 5.11 Å². The lowest BCUT2D eigenvalue weighted by Crippen LogP contribution is -2.27. The molecule has 2 rings (SSSR count). The molecule has 2 nitrogen and oxygen atoms in total. The highest BCUT2D eigenvalue weighted by atomic mass is 16.6. The minimum absolute atomic E-state index is 0.175. The summed E-state index contributed by atoms with van der Waals surface area (Å²) in [5.41, 5.74) is 2.51. The Hall–Kier alpha value is -0.860. The summed E-state index contributed by atoms with van der Waals surface area (Å²) in [5.74, 6) is 0.451. The Balaban J connectivity index is 2.24. The van der Waals surface area contributed by atoms with E-state index in [0.29, 0.717) is 11.3 Å². The second kappa shape index (κ2) is 8.02. The second-order valence-electron chi connectivity index (χ2n) is 10.4. The highest BCUT2D eigenvalue weighted by molar-refractivity contribution is 5.29. The normalized spacial score (nSPS) is 20.2. The fourth-order valence-corrected chi connectivity index (χ4v) is 4.13. The number of aliphatic hydroxyl groups is 1. The van der Waals surface area contributed by atoms with Gasteiger partial charge in [0.2, 0.25) is 0 Å². The summed E-state index contributed by atoms with van der Waals surface area (Å²) < 4.78 is 6.08. The van der Waals surface area contributed by atoms with E-state index in [1.165, 1.54) is 24.8 Å². The van der Waals surface area contributed by atoms with E-state index in [-0.39, 0.29) is 11.0 Å². The summed E-state index contributed by atoms with van der Waals surface area (Å²) in [5, 5.41) is 10.7. The third kappa shape index (κ3) is 5.57. The van der Waals surface area contributed by atoms with E-state index >= 15 is 0 Å². The summed E-state index contributed by atoms with van der Waals surface area (Å²) >= 11 is 0. The standard InChI is InChI=1S/C24H40O2/c1-8-23(5,6)17-20(22(2,3)4)18-12-11-13-19(16-18)21(25)26-24(7)14-9-10-15-24/h11-13,16,20-21,25H,8-10,14-15,17H2,1-7H3. The van der Waals surface area contributed by atoms with E-state index in [1.807, 2.05) is 6.07 Å². The quantitative estimate of drug-likeness (QED) is 0.531. The Labute approximate surface area is 161 Å². The largest absolute Gasteiger partial charge is 0.364 e. The summed E-state index contributed by atoms with van der Waals surface area (Å²) in [7, 11) is 0. The fourth-order valence-electron chi connectivity index (χ4n) is 4.13. The fraction of sp³-hybridized carbons (Fsp3) is 0.750. The molecule has 1 saturated carbocycles. The van der Waals surface area contributed by atoms with Crippen molar-refractivity contribution in [2.24, 2.45) is 10.8 Å². The maximum absolute atomic E-state index is 10.7. The molecule has 1 aromatic rings. The van der Waals surface area contributed by atoms with Crippen LogP contribution in [0.3, 0.4) is 0 Å². The number of rotatable bonds is 7. The number of hydrogen-bond acceptors (Lipinski definition) is 2. The van der Waals surface area contributed by atoms with Crippen molar-refractivity contribution in [1.82, 2.24) is 0 Å².